The summed E-state index contributed by atoms with van der Waals surface area (Å²) < 4.78 is 25.5. The lowest BCUT2D eigenvalue weighted by Crippen LogP contribution is -2.45. The Balaban J connectivity index is 1.38. The van der Waals surface area contributed by atoms with Crippen molar-refractivity contribution in [1.82, 2.24) is 19.6 Å². The van der Waals surface area contributed by atoms with Gasteiger partial charge in [-0.3, -0.25) is 14.4 Å². The summed E-state index contributed by atoms with van der Waals surface area (Å²) in [5.74, 6) is -1.42. The monoisotopic (exact) mass is 485 g/mol. The van der Waals surface area contributed by atoms with Crippen molar-refractivity contribution in [2.75, 3.05) is 57.9 Å². The van der Waals surface area contributed by atoms with Gasteiger partial charge in [-0.15, -0.1) is 0 Å². The van der Waals surface area contributed by atoms with Crippen LogP contribution in [0.5, 0.6) is 0 Å². The van der Waals surface area contributed by atoms with Crippen LogP contribution < -0.4 is 11.1 Å². The van der Waals surface area contributed by atoms with Crippen LogP contribution in [0, 0.1) is 23.1 Å². The number of morpholine rings is 1. The molecule has 4 rings (SSSR count). The molecule has 0 spiro atoms. The molecule has 1 aromatic carbocycles. The van der Waals surface area contributed by atoms with Crippen molar-refractivity contribution in [3.8, 4) is 6.07 Å². The number of likely N-dealkylation sites (tertiary alicyclic amines) is 1. The molecule has 0 radical (unpaired) electrons. The molecule has 0 bridgehead atoms. The SMILES string of the molecule is N#C[C@H]1CN(C(=O)OCCN2CCOCC2)CC[C@@H]1n1cc(C(N)=O)c(Nc2ccc(F)cc2)n1. The number of benzene rings is 1. The van der Waals surface area contributed by atoms with Gasteiger partial charge in [0.05, 0.1) is 31.2 Å². The van der Waals surface area contributed by atoms with Gasteiger partial charge in [0.1, 0.15) is 18.0 Å². The van der Waals surface area contributed by atoms with Crippen molar-refractivity contribution >= 4 is 23.5 Å². The molecular formula is C23H28FN7O4. The van der Waals surface area contributed by atoms with E-state index in [2.05, 4.69) is 21.4 Å². The van der Waals surface area contributed by atoms with Crippen molar-refractivity contribution in [1.29, 1.82) is 5.26 Å². The number of halogens is 1. The maximum atomic E-state index is 13.2. The quantitative estimate of drug-likeness (QED) is 0.604. The summed E-state index contributed by atoms with van der Waals surface area (Å²) >= 11 is 0. The Morgan fingerprint density at radius 3 is 2.69 bits per heavy atom. The van der Waals surface area contributed by atoms with Crippen LogP contribution in [0.1, 0.15) is 22.8 Å². The predicted molar refractivity (Wildman–Crippen MR) is 123 cm³/mol. The Morgan fingerprint density at radius 2 is 2.00 bits per heavy atom. The van der Waals surface area contributed by atoms with E-state index in [1.165, 1.54) is 35.4 Å². The molecule has 2 atom stereocenters. The van der Waals surface area contributed by atoms with E-state index in [0.717, 1.165) is 13.1 Å². The Hall–Kier alpha value is -3.69. The van der Waals surface area contributed by atoms with Gasteiger partial charge in [0, 0.05) is 44.6 Å². The number of nitrogens with two attached hydrogens (primary N) is 1. The second-order valence-corrected chi connectivity index (χ2v) is 8.47. The minimum absolute atomic E-state index is 0.149. The molecule has 3 N–H and O–H groups in total. The lowest BCUT2D eigenvalue weighted by Gasteiger charge is -2.35. The van der Waals surface area contributed by atoms with E-state index in [1.54, 1.807) is 4.68 Å². The molecule has 2 aliphatic rings. The number of carbonyl (C=O) groups excluding carboxylic acids is 2. The number of piperidine rings is 1. The van der Waals surface area contributed by atoms with E-state index in [-0.39, 0.29) is 36.4 Å². The number of anilines is 2. The Kier molecular flexibility index (Phi) is 7.79. The molecule has 2 aromatic rings. The molecule has 0 aliphatic carbocycles. The maximum Gasteiger partial charge on any atom is 0.409 e. The van der Waals surface area contributed by atoms with Gasteiger partial charge in [-0.2, -0.15) is 10.4 Å². The molecule has 12 heteroatoms. The number of hydrogen-bond acceptors (Lipinski definition) is 8. The summed E-state index contributed by atoms with van der Waals surface area (Å²) in [6.45, 7) is 4.46. The third-order valence-electron chi connectivity index (χ3n) is 6.18. The molecule has 11 nitrogen and oxygen atoms in total. The first-order chi connectivity index (χ1) is 16.9. The van der Waals surface area contributed by atoms with E-state index in [4.69, 9.17) is 15.2 Å². The Morgan fingerprint density at radius 1 is 1.26 bits per heavy atom. The summed E-state index contributed by atoms with van der Waals surface area (Å²) in [4.78, 5) is 28.2. The van der Waals surface area contributed by atoms with Crippen LogP contribution in [-0.4, -0.2) is 84.1 Å². The van der Waals surface area contributed by atoms with E-state index >= 15 is 0 Å². The van der Waals surface area contributed by atoms with E-state index in [1.807, 2.05) is 0 Å². The van der Waals surface area contributed by atoms with E-state index in [9.17, 15) is 19.2 Å². The van der Waals surface area contributed by atoms with Crippen molar-refractivity contribution in [2.24, 2.45) is 11.7 Å². The number of nitrogens with one attached hydrogen (secondary N) is 1. The molecule has 186 valence electrons. The fourth-order valence-corrected chi connectivity index (χ4v) is 4.23. The molecule has 2 aliphatic heterocycles. The van der Waals surface area contributed by atoms with Crippen molar-refractivity contribution in [2.45, 2.75) is 12.5 Å². The van der Waals surface area contributed by atoms with Gasteiger partial charge in [-0.1, -0.05) is 0 Å². The van der Waals surface area contributed by atoms with Crippen LogP contribution in [0.3, 0.4) is 0 Å². The van der Waals surface area contributed by atoms with Crippen LogP contribution >= 0.6 is 0 Å². The molecule has 2 saturated heterocycles. The molecule has 2 amide bonds. The number of ether oxygens (including phenoxy) is 2. The third-order valence-corrected chi connectivity index (χ3v) is 6.18. The first-order valence-electron chi connectivity index (χ1n) is 11.5. The fourth-order valence-electron chi connectivity index (χ4n) is 4.23. The first-order valence-corrected chi connectivity index (χ1v) is 11.5. The van der Waals surface area contributed by atoms with Gasteiger partial charge in [0.25, 0.3) is 5.91 Å². The van der Waals surface area contributed by atoms with Gasteiger partial charge in [-0.25, -0.2) is 9.18 Å². The van der Waals surface area contributed by atoms with Crippen LogP contribution in [0.15, 0.2) is 30.5 Å². The zero-order valence-electron chi connectivity index (χ0n) is 19.2. The average molecular weight is 486 g/mol. The number of aromatic nitrogens is 2. The average Bonchev–Trinajstić information content (AvgIpc) is 3.29. The Bertz CT molecular complexity index is 1080. The van der Waals surface area contributed by atoms with Gasteiger partial charge >= 0.3 is 6.09 Å². The van der Waals surface area contributed by atoms with E-state index < -0.39 is 17.9 Å². The molecule has 2 fully saturated rings. The normalized spacial score (nSPS) is 20.7. The van der Waals surface area contributed by atoms with E-state index in [0.29, 0.717) is 38.4 Å². The highest BCUT2D eigenvalue weighted by Gasteiger charge is 2.35. The molecule has 1 aromatic heterocycles. The first kappa shape index (κ1) is 24.4. The second-order valence-electron chi connectivity index (χ2n) is 8.47. The largest absolute Gasteiger partial charge is 0.448 e. The minimum atomic E-state index is -0.685. The summed E-state index contributed by atoms with van der Waals surface area (Å²) in [7, 11) is 0. The number of amides is 2. The molecule has 0 saturated carbocycles. The second kappa shape index (κ2) is 11.2. The van der Waals surface area contributed by atoms with Gasteiger partial charge in [-0.05, 0) is 30.7 Å². The predicted octanol–water partition coefficient (Wildman–Crippen LogP) is 1.72. The number of nitriles is 1. The molecular weight excluding hydrogens is 457 g/mol. The van der Waals surface area contributed by atoms with Crippen LogP contribution in [-0.2, 0) is 9.47 Å². The highest BCUT2D eigenvalue weighted by molar-refractivity contribution is 5.98. The number of primary amides is 1. The summed E-state index contributed by atoms with van der Waals surface area (Å²) in [5.41, 5.74) is 6.21. The topological polar surface area (TPSA) is 139 Å². The van der Waals surface area contributed by atoms with Crippen molar-refractivity contribution in [3.63, 3.8) is 0 Å². The highest BCUT2D eigenvalue weighted by Crippen LogP contribution is 2.30. The van der Waals surface area contributed by atoms with Crippen LogP contribution in [0.2, 0.25) is 0 Å². The fraction of sp³-hybridized carbons (Fsp3) is 0.478. The standard InChI is InChI=1S/C23H28FN7O4/c24-17-1-3-18(4-2-17)27-22-19(21(26)32)15-31(28-22)20-5-6-30(14-16(20)13-25)23(33)35-12-9-29-7-10-34-11-8-29/h1-4,15-16,20H,5-12,14H2,(H2,26,32)(H,27,28)/t16-,20-/m0/s1. The lowest BCUT2D eigenvalue weighted by molar-refractivity contribution is 0.0225. The molecule has 35 heavy (non-hydrogen) atoms. The zero-order valence-corrected chi connectivity index (χ0v) is 19.2. The molecule has 3 heterocycles. The number of hydrogen-bond donors (Lipinski definition) is 2. The van der Waals surface area contributed by atoms with Crippen molar-refractivity contribution in [3.05, 3.63) is 41.8 Å². The van der Waals surface area contributed by atoms with Gasteiger partial charge in [0.15, 0.2) is 5.82 Å². The third kappa shape index (κ3) is 6.06. The maximum absolute atomic E-state index is 13.2. The summed E-state index contributed by atoms with van der Waals surface area (Å²) in [5, 5.41) is 17.2. The summed E-state index contributed by atoms with van der Waals surface area (Å²) in [6, 6.07) is 7.48. The zero-order chi connectivity index (χ0) is 24.8. The van der Waals surface area contributed by atoms with Gasteiger partial charge in [0.2, 0.25) is 0 Å². The lowest BCUT2D eigenvalue weighted by atomic mass is 9.94. The molecule has 0 unspecified atom stereocenters. The minimum Gasteiger partial charge on any atom is -0.448 e. The number of carbonyl (C=O) groups is 2. The number of rotatable bonds is 7. The smallest absolute Gasteiger partial charge is 0.409 e. The van der Waals surface area contributed by atoms with Crippen molar-refractivity contribution < 1.29 is 23.5 Å². The summed E-state index contributed by atoms with van der Waals surface area (Å²) in [6.07, 6.45) is 1.50. The Labute approximate surface area is 202 Å². The van der Waals surface area contributed by atoms with Crippen LogP contribution in [0.25, 0.3) is 0 Å². The van der Waals surface area contributed by atoms with Gasteiger partial charge < -0.3 is 25.4 Å². The van der Waals surface area contributed by atoms with Crippen LogP contribution in [0.4, 0.5) is 20.7 Å². The highest BCUT2D eigenvalue weighted by atomic mass is 19.1. The number of nitrogens with zero attached hydrogens (tertiary/aromatic N) is 5.